The third kappa shape index (κ3) is 6.16. The van der Waals surface area contributed by atoms with Gasteiger partial charge in [-0.25, -0.2) is 4.79 Å². The molecule has 7 heteroatoms. The zero-order valence-corrected chi connectivity index (χ0v) is 19.3. The summed E-state index contributed by atoms with van der Waals surface area (Å²) in [6, 6.07) is 15.7. The lowest BCUT2D eigenvalue weighted by atomic mass is 9.98. The fourth-order valence-corrected chi connectivity index (χ4v) is 4.33. The number of ether oxygens (including phenoxy) is 1. The SMILES string of the molecule is C#CCN(CC(=O)O)C(=O)C[C@H](CCCC)NC(=O)OCC1c2ccccc2-c2ccccc21. The topological polar surface area (TPSA) is 95.9 Å². The van der Waals surface area contributed by atoms with Gasteiger partial charge in [0.05, 0.1) is 6.54 Å². The minimum Gasteiger partial charge on any atom is -0.480 e. The summed E-state index contributed by atoms with van der Waals surface area (Å²) >= 11 is 0. The van der Waals surface area contributed by atoms with Gasteiger partial charge in [-0.2, -0.15) is 0 Å². The van der Waals surface area contributed by atoms with E-state index in [9.17, 15) is 14.4 Å². The molecule has 3 rings (SSSR count). The van der Waals surface area contributed by atoms with Gasteiger partial charge in [-0.15, -0.1) is 6.42 Å². The molecule has 2 amide bonds. The molecule has 2 N–H and O–H groups in total. The van der Waals surface area contributed by atoms with Gasteiger partial charge in [0.15, 0.2) is 0 Å². The van der Waals surface area contributed by atoms with E-state index < -0.39 is 30.6 Å². The molecule has 1 atom stereocenters. The standard InChI is InChI=1S/C27H30N2O5/c1-3-5-10-19(16-25(30)29(15-4-2)17-26(31)32)28-27(33)34-18-24-22-13-8-6-11-20(22)21-12-7-9-14-23(21)24/h2,6-9,11-14,19,24H,3,5,10,15-18H2,1H3,(H,28,33)(H,31,32)/t19-/m0/s1. The van der Waals surface area contributed by atoms with E-state index in [0.29, 0.717) is 6.42 Å². The van der Waals surface area contributed by atoms with Crippen LogP contribution in [0.2, 0.25) is 0 Å². The second kappa shape index (κ2) is 11.9. The number of aliphatic carboxylic acids is 1. The number of benzene rings is 2. The molecule has 2 aromatic carbocycles. The fraction of sp³-hybridized carbons (Fsp3) is 0.370. The number of carboxylic acid groups (broad SMARTS) is 1. The van der Waals surface area contributed by atoms with E-state index >= 15 is 0 Å². The Balaban J connectivity index is 1.63. The first kappa shape index (κ1) is 24.8. The number of alkyl carbamates (subject to hydrolysis) is 1. The Morgan fingerprint density at radius 1 is 1.12 bits per heavy atom. The van der Waals surface area contributed by atoms with Crippen LogP contribution in [0, 0.1) is 12.3 Å². The maximum atomic E-state index is 12.7. The molecular weight excluding hydrogens is 432 g/mol. The first-order chi connectivity index (χ1) is 16.4. The highest BCUT2D eigenvalue weighted by Gasteiger charge is 2.29. The van der Waals surface area contributed by atoms with Crippen molar-refractivity contribution in [3.05, 3.63) is 59.7 Å². The van der Waals surface area contributed by atoms with Crippen LogP contribution in [0.3, 0.4) is 0 Å². The van der Waals surface area contributed by atoms with Gasteiger partial charge >= 0.3 is 12.1 Å². The second-order valence-electron chi connectivity index (χ2n) is 8.36. The Hall–Kier alpha value is -3.79. The normalized spacial score (nSPS) is 12.7. The molecule has 1 aliphatic rings. The van der Waals surface area contributed by atoms with Gasteiger partial charge < -0.3 is 20.1 Å². The van der Waals surface area contributed by atoms with Crippen molar-refractivity contribution in [3.63, 3.8) is 0 Å². The summed E-state index contributed by atoms with van der Waals surface area (Å²) in [6.07, 6.45) is 6.90. The highest BCUT2D eigenvalue weighted by Crippen LogP contribution is 2.44. The molecule has 0 unspecified atom stereocenters. The van der Waals surface area contributed by atoms with Crippen molar-refractivity contribution in [2.75, 3.05) is 19.7 Å². The van der Waals surface area contributed by atoms with Crippen LogP contribution in [0.5, 0.6) is 0 Å². The predicted octanol–water partition coefficient (Wildman–Crippen LogP) is 4.02. The van der Waals surface area contributed by atoms with Gasteiger partial charge in [-0.1, -0.05) is 74.2 Å². The van der Waals surface area contributed by atoms with Crippen molar-refractivity contribution < 1.29 is 24.2 Å². The molecular formula is C27H30N2O5. The van der Waals surface area contributed by atoms with Crippen molar-refractivity contribution in [2.24, 2.45) is 0 Å². The lowest BCUT2D eigenvalue weighted by molar-refractivity contribution is -0.144. The fourth-order valence-electron chi connectivity index (χ4n) is 4.33. The lowest BCUT2D eigenvalue weighted by Gasteiger charge is -2.23. The summed E-state index contributed by atoms with van der Waals surface area (Å²) in [7, 11) is 0. The molecule has 0 fully saturated rings. The zero-order valence-electron chi connectivity index (χ0n) is 19.3. The number of unbranched alkanes of at least 4 members (excludes halogenated alkanes) is 1. The number of carbonyl (C=O) groups is 3. The number of hydrogen-bond donors (Lipinski definition) is 2. The average molecular weight is 463 g/mol. The van der Waals surface area contributed by atoms with Gasteiger partial charge in [0.25, 0.3) is 0 Å². The molecule has 0 saturated heterocycles. The van der Waals surface area contributed by atoms with Crippen LogP contribution < -0.4 is 5.32 Å². The summed E-state index contributed by atoms with van der Waals surface area (Å²) in [5, 5.41) is 11.8. The Labute approximate surface area is 200 Å². The molecule has 0 radical (unpaired) electrons. The lowest BCUT2D eigenvalue weighted by Crippen LogP contribution is -2.43. The number of nitrogens with one attached hydrogen (secondary N) is 1. The number of hydrogen-bond acceptors (Lipinski definition) is 4. The van der Waals surface area contributed by atoms with Crippen LogP contribution in [0.4, 0.5) is 4.79 Å². The summed E-state index contributed by atoms with van der Waals surface area (Å²) in [5.74, 6) is 0.692. The number of rotatable bonds is 11. The molecule has 0 aliphatic heterocycles. The van der Waals surface area contributed by atoms with E-state index in [0.717, 1.165) is 40.0 Å². The van der Waals surface area contributed by atoms with E-state index in [1.165, 1.54) is 0 Å². The number of amides is 2. The molecule has 178 valence electrons. The van der Waals surface area contributed by atoms with Crippen LogP contribution in [0.25, 0.3) is 11.1 Å². The van der Waals surface area contributed by atoms with Crippen LogP contribution in [-0.2, 0) is 14.3 Å². The number of nitrogens with zero attached hydrogens (tertiary/aromatic N) is 1. The van der Waals surface area contributed by atoms with Crippen molar-refractivity contribution in [1.82, 2.24) is 10.2 Å². The molecule has 0 bridgehead atoms. The van der Waals surface area contributed by atoms with Crippen LogP contribution in [0.15, 0.2) is 48.5 Å². The van der Waals surface area contributed by atoms with Gasteiger partial charge in [0, 0.05) is 18.4 Å². The van der Waals surface area contributed by atoms with Crippen LogP contribution in [0.1, 0.15) is 49.7 Å². The minimum atomic E-state index is -1.14. The third-order valence-corrected chi connectivity index (χ3v) is 5.95. The monoisotopic (exact) mass is 462 g/mol. The maximum Gasteiger partial charge on any atom is 0.407 e. The third-order valence-electron chi connectivity index (χ3n) is 5.95. The number of carboxylic acids is 1. The molecule has 0 spiro atoms. The molecule has 2 aromatic rings. The summed E-state index contributed by atoms with van der Waals surface area (Å²) < 4.78 is 5.60. The maximum absolute atomic E-state index is 12.7. The number of carbonyl (C=O) groups excluding carboxylic acids is 2. The minimum absolute atomic E-state index is 0.0425. The van der Waals surface area contributed by atoms with Crippen molar-refractivity contribution in [2.45, 2.75) is 44.6 Å². The van der Waals surface area contributed by atoms with Crippen molar-refractivity contribution in [3.8, 4) is 23.5 Å². The molecule has 0 aromatic heterocycles. The van der Waals surface area contributed by atoms with Gasteiger partial charge in [0.2, 0.25) is 5.91 Å². The van der Waals surface area contributed by atoms with Gasteiger partial charge in [0.1, 0.15) is 13.2 Å². The molecule has 0 saturated carbocycles. The first-order valence-electron chi connectivity index (χ1n) is 11.5. The number of fused-ring (bicyclic) bond motifs is 3. The Morgan fingerprint density at radius 2 is 1.74 bits per heavy atom. The number of terminal acetylenes is 1. The van der Waals surface area contributed by atoms with Crippen LogP contribution in [-0.4, -0.2) is 53.7 Å². The highest BCUT2D eigenvalue weighted by molar-refractivity contribution is 5.82. The second-order valence-corrected chi connectivity index (χ2v) is 8.36. The zero-order chi connectivity index (χ0) is 24.5. The van der Waals surface area contributed by atoms with Crippen molar-refractivity contribution in [1.29, 1.82) is 0 Å². The predicted molar refractivity (Wildman–Crippen MR) is 129 cm³/mol. The van der Waals surface area contributed by atoms with E-state index in [-0.39, 0.29) is 25.5 Å². The molecule has 7 nitrogen and oxygen atoms in total. The Morgan fingerprint density at radius 3 is 2.29 bits per heavy atom. The van der Waals surface area contributed by atoms with Gasteiger partial charge in [-0.3, -0.25) is 9.59 Å². The van der Waals surface area contributed by atoms with Gasteiger partial charge in [-0.05, 0) is 28.7 Å². The summed E-state index contributed by atoms with van der Waals surface area (Å²) in [5.41, 5.74) is 4.52. The summed E-state index contributed by atoms with van der Waals surface area (Å²) in [4.78, 5) is 37.5. The van der Waals surface area contributed by atoms with E-state index in [1.54, 1.807) is 0 Å². The molecule has 0 heterocycles. The van der Waals surface area contributed by atoms with Crippen LogP contribution >= 0.6 is 0 Å². The largest absolute Gasteiger partial charge is 0.480 e. The smallest absolute Gasteiger partial charge is 0.407 e. The van der Waals surface area contributed by atoms with E-state index in [4.69, 9.17) is 16.3 Å². The Kier molecular flexibility index (Phi) is 8.69. The van der Waals surface area contributed by atoms with E-state index in [2.05, 4.69) is 23.4 Å². The highest BCUT2D eigenvalue weighted by atomic mass is 16.5. The van der Waals surface area contributed by atoms with Crippen molar-refractivity contribution >= 4 is 18.0 Å². The summed E-state index contributed by atoms with van der Waals surface area (Å²) in [6.45, 7) is 1.61. The van der Waals surface area contributed by atoms with E-state index in [1.807, 2.05) is 43.3 Å². The quantitative estimate of drug-likeness (QED) is 0.492. The molecule has 34 heavy (non-hydrogen) atoms. The Bertz CT molecular complexity index is 1030. The first-order valence-corrected chi connectivity index (χ1v) is 11.5. The molecule has 1 aliphatic carbocycles. The average Bonchev–Trinajstić information content (AvgIpc) is 3.14.